The summed E-state index contributed by atoms with van der Waals surface area (Å²) in [5.41, 5.74) is 2.20. The van der Waals surface area contributed by atoms with E-state index in [1.807, 2.05) is 13.8 Å². The van der Waals surface area contributed by atoms with Gasteiger partial charge in [-0.3, -0.25) is 4.79 Å². The Morgan fingerprint density at radius 2 is 1.72 bits per heavy atom. The molecule has 132 valence electrons. The number of aromatic nitrogens is 1. The molecule has 0 unspecified atom stereocenters. The average Bonchev–Trinajstić information content (AvgIpc) is 2.61. The largest absolute Gasteiger partial charge is 0.481 e. The van der Waals surface area contributed by atoms with Crippen LogP contribution in [0.2, 0.25) is 0 Å². The van der Waals surface area contributed by atoms with Crippen LogP contribution in [0.1, 0.15) is 19.4 Å². The molecular weight excluding hydrogens is 320 g/mol. The highest BCUT2D eigenvalue weighted by molar-refractivity contribution is 5.93. The Hall–Kier alpha value is -3.09. The SMILES string of the molecule is COc1cc(CNC(=O)Nc2ccc(NC(=O)C(C)C)cc2)ccn1. The second-order valence-corrected chi connectivity index (χ2v) is 5.74. The number of pyridine rings is 1. The maximum absolute atomic E-state index is 12.0. The van der Waals surface area contributed by atoms with Gasteiger partial charge in [-0.15, -0.1) is 0 Å². The maximum atomic E-state index is 12.0. The van der Waals surface area contributed by atoms with Crippen molar-refractivity contribution in [3.63, 3.8) is 0 Å². The van der Waals surface area contributed by atoms with Crippen LogP contribution in [0.3, 0.4) is 0 Å². The van der Waals surface area contributed by atoms with Gasteiger partial charge >= 0.3 is 6.03 Å². The van der Waals surface area contributed by atoms with Crippen LogP contribution >= 0.6 is 0 Å². The highest BCUT2D eigenvalue weighted by atomic mass is 16.5. The van der Waals surface area contributed by atoms with Crippen molar-refractivity contribution in [2.45, 2.75) is 20.4 Å². The van der Waals surface area contributed by atoms with Crippen molar-refractivity contribution in [1.82, 2.24) is 10.3 Å². The number of carbonyl (C=O) groups excluding carboxylic acids is 2. The lowest BCUT2D eigenvalue weighted by Crippen LogP contribution is -2.28. The Morgan fingerprint density at radius 1 is 1.08 bits per heavy atom. The van der Waals surface area contributed by atoms with E-state index in [-0.39, 0.29) is 17.9 Å². The zero-order valence-electron chi connectivity index (χ0n) is 14.5. The van der Waals surface area contributed by atoms with E-state index in [2.05, 4.69) is 20.9 Å². The Morgan fingerprint density at radius 3 is 2.32 bits per heavy atom. The van der Waals surface area contributed by atoms with Gasteiger partial charge in [0.1, 0.15) is 0 Å². The van der Waals surface area contributed by atoms with Crippen LogP contribution < -0.4 is 20.7 Å². The Kier molecular flexibility index (Phi) is 6.33. The van der Waals surface area contributed by atoms with E-state index in [1.165, 1.54) is 0 Å². The van der Waals surface area contributed by atoms with E-state index in [1.54, 1.807) is 49.7 Å². The van der Waals surface area contributed by atoms with Crippen molar-refractivity contribution in [3.8, 4) is 5.88 Å². The fourth-order valence-corrected chi connectivity index (χ4v) is 1.95. The molecule has 1 heterocycles. The zero-order chi connectivity index (χ0) is 18.2. The number of rotatable bonds is 6. The monoisotopic (exact) mass is 342 g/mol. The van der Waals surface area contributed by atoms with Crippen molar-refractivity contribution >= 4 is 23.3 Å². The molecule has 1 aromatic carbocycles. The van der Waals surface area contributed by atoms with Crippen molar-refractivity contribution < 1.29 is 14.3 Å². The molecule has 0 spiro atoms. The number of urea groups is 1. The fraction of sp³-hybridized carbons (Fsp3) is 0.278. The molecule has 2 rings (SSSR count). The summed E-state index contributed by atoms with van der Waals surface area (Å²) in [4.78, 5) is 27.6. The van der Waals surface area contributed by atoms with Gasteiger partial charge in [0, 0.05) is 36.1 Å². The van der Waals surface area contributed by atoms with Crippen LogP contribution in [0.4, 0.5) is 16.2 Å². The van der Waals surface area contributed by atoms with Gasteiger partial charge in [-0.25, -0.2) is 9.78 Å². The third kappa shape index (κ3) is 5.80. The highest BCUT2D eigenvalue weighted by Crippen LogP contribution is 2.14. The molecule has 0 saturated carbocycles. The number of anilines is 2. The van der Waals surface area contributed by atoms with Crippen molar-refractivity contribution in [2.75, 3.05) is 17.7 Å². The number of nitrogens with one attached hydrogen (secondary N) is 3. The van der Waals surface area contributed by atoms with Gasteiger partial charge in [0.15, 0.2) is 0 Å². The number of methoxy groups -OCH3 is 1. The van der Waals surface area contributed by atoms with E-state index in [4.69, 9.17) is 4.74 Å². The first-order chi connectivity index (χ1) is 12.0. The van der Waals surface area contributed by atoms with E-state index >= 15 is 0 Å². The third-order valence-electron chi connectivity index (χ3n) is 3.40. The van der Waals surface area contributed by atoms with Crippen LogP contribution in [-0.2, 0) is 11.3 Å². The topological polar surface area (TPSA) is 92.4 Å². The minimum absolute atomic E-state index is 0.0498. The number of hydrogen-bond acceptors (Lipinski definition) is 4. The number of carbonyl (C=O) groups is 2. The Balaban J connectivity index is 1.84. The lowest BCUT2D eigenvalue weighted by atomic mass is 10.2. The molecule has 0 bridgehead atoms. The fourth-order valence-electron chi connectivity index (χ4n) is 1.95. The van der Waals surface area contributed by atoms with Gasteiger partial charge in [0.2, 0.25) is 11.8 Å². The summed E-state index contributed by atoms with van der Waals surface area (Å²) < 4.78 is 5.04. The van der Waals surface area contributed by atoms with E-state index < -0.39 is 0 Å². The quantitative estimate of drug-likeness (QED) is 0.752. The lowest BCUT2D eigenvalue weighted by Gasteiger charge is -2.10. The van der Waals surface area contributed by atoms with Gasteiger partial charge < -0.3 is 20.7 Å². The highest BCUT2D eigenvalue weighted by Gasteiger charge is 2.07. The van der Waals surface area contributed by atoms with Crippen LogP contribution in [0, 0.1) is 5.92 Å². The first-order valence-corrected chi connectivity index (χ1v) is 7.92. The lowest BCUT2D eigenvalue weighted by molar-refractivity contribution is -0.118. The van der Waals surface area contributed by atoms with Crippen molar-refractivity contribution in [1.29, 1.82) is 0 Å². The molecule has 0 atom stereocenters. The molecule has 1 aromatic heterocycles. The first kappa shape index (κ1) is 18.3. The second-order valence-electron chi connectivity index (χ2n) is 5.74. The molecule has 3 N–H and O–H groups in total. The predicted molar refractivity (Wildman–Crippen MR) is 96.6 cm³/mol. The standard InChI is InChI=1S/C18H22N4O3/c1-12(2)17(23)21-14-4-6-15(7-5-14)22-18(24)20-11-13-8-9-19-16(10-13)25-3/h4-10,12H,11H2,1-3H3,(H,21,23)(H2,20,22,24). The summed E-state index contributed by atoms with van der Waals surface area (Å²) in [6.07, 6.45) is 1.62. The summed E-state index contributed by atoms with van der Waals surface area (Å²) in [7, 11) is 1.54. The molecular formula is C18H22N4O3. The summed E-state index contributed by atoms with van der Waals surface area (Å²) in [5, 5.41) is 8.29. The average molecular weight is 342 g/mol. The molecule has 7 nitrogen and oxygen atoms in total. The predicted octanol–water partition coefficient (Wildman–Crippen LogP) is 3.01. The summed E-state index contributed by atoms with van der Waals surface area (Å²) >= 11 is 0. The number of hydrogen-bond donors (Lipinski definition) is 3. The number of nitrogens with zero attached hydrogens (tertiary/aromatic N) is 1. The van der Waals surface area contributed by atoms with E-state index in [0.29, 0.717) is 23.8 Å². The minimum atomic E-state index is -0.324. The molecule has 7 heteroatoms. The molecule has 0 aliphatic carbocycles. The maximum Gasteiger partial charge on any atom is 0.319 e. The first-order valence-electron chi connectivity index (χ1n) is 7.92. The van der Waals surface area contributed by atoms with Gasteiger partial charge in [-0.2, -0.15) is 0 Å². The third-order valence-corrected chi connectivity index (χ3v) is 3.40. The van der Waals surface area contributed by atoms with Crippen LogP contribution in [0.15, 0.2) is 42.6 Å². The minimum Gasteiger partial charge on any atom is -0.481 e. The molecule has 0 radical (unpaired) electrons. The van der Waals surface area contributed by atoms with Crippen molar-refractivity contribution in [3.05, 3.63) is 48.2 Å². The molecule has 25 heavy (non-hydrogen) atoms. The number of ether oxygens (including phenoxy) is 1. The van der Waals surface area contributed by atoms with Gasteiger partial charge in [0.05, 0.1) is 7.11 Å². The summed E-state index contributed by atoms with van der Waals surface area (Å²) in [6, 6.07) is 10.2. The van der Waals surface area contributed by atoms with Crippen LogP contribution in [0.25, 0.3) is 0 Å². The molecule has 2 aromatic rings. The Bertz CT molecular complexity index is 729. The molecule has 0 saturated heterocycles. The summed E-state index contributed by atoms with van der Waals surface area (Å²) in [5.74, 6) is 0.361. The normalized spacial score (nSPS) is 10.2. The smallest absolute Gasteiger partial charge is 0.319 e. The van der Waals surface area contributed by atoms with Gasteiger partial charge in [-0.1, -0.05) is 13.8 Å². The van der Waals surface area contributed by atoms with E-state index in [0.717, 1.165) is 5.56 Å². The molecule has 0 aliphatic heterocycles. The summed E-state index contributed by atoms with van der Waals surface area (Å²) in [6.45, 7) is 4.01. The van der Waals surface area contributed by atoms with Crippen LogP contribution in [0.5, 0.6) is 5.88 Å². The molecule has 0 aliphatic rings. The van der Waals surface area contributed by atoms with Crippen molar-refractivity contribution in [2.24, 2.45) is 5.92 Å². The zero-order valence-corrected chi connectivity index (χ0v) is 14.5. The Labute approximate surface area is 146 Å². The molecule has 0 fully saturated rings. The molecule has 3 amide bonds. The number of benzene rings is 1. The van der Waals surface area contributed by atoms with Gasteiger partial charge in [-0.05, 0) is 35.9 Å². The van der Waals surface area contributed by atoms with Crippen LogP contribution in [-0.4, -0.2) is 24.0 Å². The number of amides is 3. The van der Waals surface area contributed by atoms with Gasteiger partial charge in [0.25, 0.3) is 0 Å². The van der Waals surface area contributed by atoms with E-state index in [9.17, 15) is 9.59 Å². The second kappa shape index (κ2) is 8.68.